The first-order valence-electron chi connectivity index (χ1n) is 5.78. The van der Waals surface area contributed by atoms with E-state index in [4.69, 9.17) is 19.1 Å². The molecule has 2 rings (SSSR count). The van der Waals surface area contributed by atoms with Gasteiger partial charge in [0.15, 0.2) is 11.5 Å². The summed E-state index contributed by atoms with van der Waals surface area (Å²) >= 11 is 0. The topological polar surface area (TPSA) is 93.8 Å². The molecule has 20 heavy (non-hydrogen) atoms. The zero-order valence-corrected chi connectivity index (χ0v) is 11.0. The van der Waals surface area contributed by atoms with E-state index in [0.717, 1.165) is 5.69 Å². The molecule has 0 fully saturated rings. The number of hydrogen-bond donors (Lipinski definition) is 2. The van der Waals surface area contributed by atoms with Crippen molar-refractivity contribution in [2.24, 2.45) is 0 Å². The number of aromatic carboxylic acids is 1. The Morgan fingerprint density at radius 3 is 2.40 bits per heavy atom. The van der Waals surface area contributed by atoms with Crippen LogP contribution in [0.15, 0.2) is 28.8 Å². The second kappa shape index (κ2) is 5.96. The second-order valence-electron chi connectivity index (χ2n) is 3.94. The molecule has 7 nitrogen and oxygen atoms in total. The van der Waals surface area contributed by atoms with E-state index in [-0.39, 0.29) is 5.69 Å². The summed E-state index contributed by atoms with van der Waals surface area (Å²) in [6.07, 6.45) is 0. The van der Waals surface area contributed by atoms with Crippen LogP contribution in [0.1, 0.15) is 16.2 Å². The first kappa shape index (κ1) is 13.7. The molecule has 0 aliphatic carbocycles. The standard InChI is InChI=1S/C13H14N2O5/c1-18-9-3-8(4-10(5-9)19-2)14-7-11-6-12(13(16)17)15-20-11/h3-6,14H,7H2,1-2H3,(H,16,17). The number of carboxylic acid groups (broad SMARTS) is 1. The lowest BCUT2D eigenvalue weighted by Crippen LogP contribution is -1.99. The molecule has 2 aromatic rings. The Labute approximate surface area is 115 Å². The van der Waals surface area contributed by atoms with E-state index in [2.05, 4.69) is 10.5 Å². The Morgan fingerprint density at radius 2 is 1.90 bits per heavy atom. The highest BCUT2D eigenvalue weighted by Gasteiger charge is 2.10. The van der Waals surface area contributed by atoms with Crippen LogP contribution >= 0.6 is 0 Å². The van der Waals surface area contributed by atoms with E-state index >= 15 is 0 Å². The van der Waals surface area contributed by atoms with Crippen LogP contribution in [0.2, 0.25) is 0 Å². The van der Waals surface area contributed by atoms with Gasteiger partial charge in [0.05, 0.1) is 20.8 Å². The minimum atomic E-state index is -1.12. The molecule has 1 aromatic heterocycles. The number of carboxylic acids is 1. The molecule has 0 saturated carbocycles. The molecule has 1 heterocycles. The molecule has 7 heteroatoms. The summed E-state index contributed by atoms with van der Waals surface area (Å²) in [7, 11) is 3.13. The van der Waals surface area contributed by atoms with Crippen LogP contribution in [0.4, 0.5) is 5.69 Å². The first-order chi connectivity index (χ1) is 9.62. The molecule has 0 radical (unpaired) electrons. The number of benzene rings is 1. The van der Waals surface area contributed by atoms with Crippen LogP contribution in [-0.2, 0) is 6.54 Å². The van der Waals surface area contributed by atoms with Crippen molar-refractivity contribution in [3.63, 3.8) is 0 Å². The maximum absolute atomic E-state index is 10.7. The zero-order chi connectivity index (χ0) is 14.5. The third-order valence-corrected chi connectivity index (χ3v) is 2.60. The first-order valence-corrected chi connectivity index (χ1v) is 5.78. The number of aromatic nitrogens is 1. The van der Waals surface area contributed by atoms with E-state index in [0.29, 0.717) is 23.8 Å². The van der Waals surface area contributed by atoms with Crippen LogP contribution in [0.25, 0.3) is 0 Å². The third kappa shape index (κ3) is 3.19. The SMILES string of the molecule is COc1cc(NCc2cc(C(=O)O)no2)cc(OC)c1. The normalized spacial score (nSPS) is 10.1. The lowest BCUT2D eigenvalue weighted by molar-refractivity contribution is 0.0685. The van der Waals surface area contributed by atoms with Gasteiger partial charge in [0.25, 0.3) is 0 Å². The van der Waals surface area contributed by atoms with Crippen LogP contribution < -0.4 is 14.8 Å². The predicted octanol–water partition coefficient (Wildman–Crippen LogP) is 2.00. The molecule has 0 saturated heterocycles. The number of nitrogens with zero attached hydrogens (tertiary/aromatic N) is 1. The van der Waals surface area contributed by atoms with Gasteiger partial charge in [0.1, 0.15) is 11.5 Å². The highest BCUT2D eigenvalue weighted by molar-refractivity contribution is 5.85. The second-order valence-corrected chi connectivity index (χ2v) is 3.94. The predicted molar refractivity (Wildman–Crippen MR) is 70.3 cm³/mol. The maximum atomic E-state index is 10.7. The molecule has 106 valence electrons. The number of nitrogens with one attached hydrogen (secondary N) is 1. The number of methoxy groups -OCH3 is 2. The van der Waals surface area contributed by atoms with Crippen LogP contribution in [0.3, 0.4) is 0 Å². The van der Waals surface area contributed by atoms with Gasteiger partial charge in [-0.05, 0) is 0 Å². The molecule has 0 bridgehead atoms. The van der Waals surface area contributed by atoms with Crippen molar-refractivity contribution >= 4 is 11.7 Å². The molecule has 0 aliphatic heterocycles. The smallest absolute Gasteiger partial charge is 0.358 e. The Bertz CT molecular complexity index is 586. The van der Waals surface area contributed by atoms with Gasteiger partial charge >= 0.3 is 5.97 Å². The lowest BCUT2D eigenvalue weighted by atomic mass is 10.2. The van der Waals surface area contributed by atoms with Crippen molar-refractivity contribution in [1.29, 1.82) is 0 Å². The molecular weight excluding hydrogens is 264 g/mol. The van der Waals surface area contributed by atoms with Gasteiger partial charge in [0.2, 0.25) is 0 Å². The third-order valence-electron chi connectivity index (χ3n) is 2.60. The van der Waals surface area contributed by atoms with Gasteiger partial charge in [-0.25, -0.2) is 4.79 Å². The van der Waals surface area contributed by atoms with Gasteiger partial charge in [-0.2, -0.15) is 0 Å². The summed E-state index contributed by atoms with van der Waals surface area (Å²) in [6.45, 7) is 0.302. The minimum Gasteiger partial charge on any atom is -0.497 e. The van der Waals surface area contributed by atoms with Gasteiger partial charge in [-0.1, -0.05) is 5.16 Å². The molecule has 1 aromatic carbocycles. The quantitative estimate of drug-likeness (QED) is 0.834. The Balaban J connectivity index is 2.07. The van der Waals surface area contributed by atoms with Crippen molar-refractivity contribution in [2.45, 2.75) is 6.54 Å². The number of rotatable bonds is 6. The number of ether oxygens (including phenoxy) is 2. The average molecular weight is 278 g/mol. The maximum Gasteiger partial charge on any atom is 0.358 e. The average Bonchev–Trinajstić information content (AvgIpc) is 2.93. The zero-order valence-electron chi connectivity index (χ0n) is 11.0. The molecule has 0 unspecified atom stereocenters. The van der Waals surface area contributed by atoms with Gasteiger partial charge in [0, 0.05) is 30.0 Å². The van der Waals surface area contributed by atoms with E-state index in [1.807, 2.05) is 0 Å². The fourth-order valence-corrected chi connectivity index (χ4v) is 1.60. The largest absolute Gasteiger partial charge is 0.497 e. The highest BCUT2D eigenvalue weighted by Crippen LogP contribution is 2.26. The van der Waals surface area contributed by atoms with E-state index < -0.39 is 5.97 Å². The Morgan fingerprint density at radius 1 is 1.25 bits per heavy atom. The molecule has 0 spiro atoms. The number of hydrogen-bond acceptors (Lipinski definition) is 6. The van der Waals surface area contributed by atoms with Crippen molar-refractivity contribution in [2.75, 3.05) is 19.5 Å². The van der Waals surface area contributed by atoms with Gasteiger partial charge < -0.3 is 24.4 Å². The molecule has 0 amide bonds. The van der Waals surface area contributed by atoms with Crippen LogP contribution in [0.5, 0.6) is 11.5 Å². The van der Waals surface area contributed by atoms with Crippen molar-refractivity contribution in [3.8, 4) is 11.5 Å². The van der Waals surface area contributed by atoms with E-state index in [1.54, 1.807) is 32.4 Å². The fourth-order valence-electron chi connectivity index (χ4n) is 1.60. The molecule has 0 aliphatic rings. The summed E-state index contributed by atoms with van der Waals surface area (Å²) < 4.78 is 15.2. The number of carbonyl (C=O) groups is 1. The van der Waals surface area contributed by atoms with E-state index in [9.17, 15) is 4.79 Å². The summed E-state index contributed by atoms with van der Waals surface area (Å²) in [6, 6.07) is 6.70. The van der Waals surface area contributed by atoms with Crippen molar-refractivity contribution in [1.82, 2.24) is 5.16 Å². The molecule has 2 N–H and O–H groups in total. The summed E-state index contributed by atoms with van der Waals surface area (Å²) in [4.78, 5) is 10.7. The summed E-state index contributed by atoms with van der Waals surface area (Å²) in [5, 5.41) is 15.3. The summed E-state index contributed by atoms with van der Waals surface area (Å²) in [5.74, 6) is 0.596. The van der Waals surface area contributed by atoms with Crippen LogP contribution in [0, 0.1) is 0 Å². The van der Waals surface area contributed by atoms with Gasteiger partial charge in [-0.3, -0.25) is 0 Å². The van der Waals surface area contributed by atoms with Crippen molar-refractivity contribution < 1.29 is 23.9 Å². The Kier molecular flexibility index (Phi) is 4.09. The monoisotopic (exact) mass is 278 g/mol. The molecular formula is C13H14N2O5. The van der Waals surface area contributed by atoms with Gasteiger partial charge in [-0.15, -0.1) is 0 Å². The van der Waals surface area contributed by atoms with E-state index in [1.165, 1.54) is 6.07 Å². The molecule has 0 atom stereocenters. The number of anilines is 1. The Hall–Kier alpha value is -2.70. The fraction of sp³-hybridized carbons (Fsp3) is 0.231. The lowest BCUT2D eigenvalue weighted by Gasteiger charge is -2.09. The highest BCUT2D eigenvalue weighted by atomic mass is 16.5. The van der Waals surface area contributed by atoms with Crippen molar-refractivity contribution in [3.05, 3.63) is 35.7 Å². The summed E-state index contributed by atoms with van der Waals surface area (Å²) in [5.41, 5.74) is 0.638. The van der Waals surface area contributed by atoms with Crippen LogP contribution in [-0.4, -0.2) is 30.5 Å². The minimum absolute atomic E-state index is 0.120.